The first-order valence-electron chi connectivity index (χ1n) is 19.9. The second kappa shape index (κ2) is 17.0. The summed E-state index contributed by atoms with van der Waals surface area (Å²) in [6.07, 6.45) is 21.4. The van der Waals surface area contributed by atoms with E-state index in [9.17, 15) is 4.79 Å². The van der Waals surface area contributed by atoms with Crippen LogP contribution in [0.15, 0.2) is 53.2 Å². The fourth-order valence-corrected chi connectivity index (χ4v) is 11.9. The highest BCUT2D eigenvalue weighted by atomic mass is 32.1. The molecule has 53 heavy (non-hydrogen) atoms. The van der Waals surface area contributed by atoms with Gasteiger partial charge in [0.05, 0.1) is 5.41 Å². The van der Waals surface area contributed by atoms with Crippen molar-refractivity contribution < 1.29 is 24.6 Å². The average molecular weight is 758 g/mol. The summed E-state index contributed by atoms with van der Waals surface area (Å²) in [6.45, 7) is 8.10. The van der Waals surface area contributed by atoms with Crippen molar-refractivity contribution in [3.63, 3.8) is 0 Å². The molecule has 3 N–H and O–H groups in total. The Kier molecular flexibility index (Phi) is 12.2. The highest BCUT2D eigenvalue weighted by Gasteiger charge is 2.44. The van der Waals surface area contributed by atoms with Crippen molar-refractivity contribution in [3.8, 4) is 0 Å². The molecule has 3 fully saturated rings. The molecule has 3 aliphatic heterocycles. The molecule has 2 spiro atoms. The minimum atomic E-state index is -1.82. The van der Waals surface area contributed by atoms with E-state index in [0.29, 0.717) is 11.3 Å². The molecule has 3 aromatic rings. The number of aryl methyl sites for hydroxylation is 2. The Morgan fingerprint density at radius 3 is 1.83 bits per heavy atom. The third-order valence-corrected chi connectivity index (χ3v) is 15.1. The fourth-order valence-electron chi connectivity index (χ4n) is 9.89. The number of allylic oxidation sites excluding steroid dienone is 1. The third kappa shape index (κ3) is 8.66. The van der Waals surface area contributed by atoms with E-state index in [1.165, 1.54) is 96.0 Å². The Labute approximate surface area is 322 Å². The summed E-state index contributed by atoms with van der Waals surface area (Å²) in [5, 5.41) is 22.4. The maximum atomic E-state index is 12.0. The molecule has 2 atom stereocenters. The van der Waals surface area contributed by atoms with Gasteiger partial charge in [0.25, 0.3) is 0 Å². The first kappa shape index (κ1) is 38.0. The third-order valence-electron chi connectivity index (χ3n) is 13.1. The molecule has 2 aromatic heterocycles. The Morgan fingerprint density at radius 1 is 0.755 bits per heavy atom. The molecule has 0 saturated carbocycles. The van der Waals surface area contributed by atoms with Crippen molar-refractivity contribution in [3.05, 3.63) is 85.2 Å². The lowest BCUT2D eigenvalue weighted by atomic mass is 9.74. The summed E-state index contributed by atoms with van der Waals surface area (Å²) in [4.78, 5) is 38.9. The Balaban J connectivity index is 0.000000144. The molecular formula is C43H55N3O5S2. The van der Waals surface area contributed by atoms with Gasteiger partial charge in [-0.05, 0) is 180 Å². The molecule has 9 rings (SSSR count). The zero-order valence-corrected chi connectivity index (χ0v) is 32.5. The van der Waals surface area contributed by atoms with Crippen LogP contribution >= 0.6 is 22.7 Å². The molecule has 1 aromatic carbocycles. The van der Waals surface area contributed by atoms with Gasteiger partial charge in [0, 0.05) is 21.7 Å². The van der Waals surface area contributed by atoms with Crippen LogP contribution in [0.3, 0.4) is 0 Å². The number of benzene rings is 1. The van der Waals surface area contributed by atoms with Crippen molar-refractivity contribution in [2.75, 3.05) is 45.8 Å². The van der Waals surface area contributed by atoms with Gasteiger partial charge in [0.15, 0.2) is 0 Å². The van der Waals surface area contributed by atoms with Gasteiger partial charge in [-0.25, -0.2) is 9.59 Å². The van der Waals surface area contributed by atoms with Gasteiger partial charge in [-0.2, -0.15) is 0 Å². The summed E-state index contributed by atoms with van der Waals surface area (Å²) in [5.74, 6) is -1.73. The number of carboxylic acids is 2. The number of amides is 1. The van der Waals surface area contributed by atoms with Gasteiger partial charge in [-0.3, -0.25) is 4.79 Å². The van der Waals surface area contributed by atoms with E-state index < -0.39 is 11.9 Å². The van der Waals surface area contributed by atoms with Crippen LogP contribution in [0.25, 0.3) is 6.08 Å². The van der Waals surface area contributed by atoms with Crippen LogP contribution in [0, 0.1) is 5.41 Å². The average Bonchev–Trinajstić information content (AvgIpc) is 4.00. The predicted molar refractivity (Wildman–Crippen MR) is 213 cm³/mol. The number of carbonyl (C=O) groups excluding carboxylic acids is 1. The minimum absolute atomic E-state index is 0.0120. The number of aliphatic carboxylic acids is 2. The van der Waals surface area contributed by atoms with Gasteiger partial charge in [-0.1, -0.05) is 36.4 Å². The number of rotatable bonds is 6. The van der Waals surface area contributed by atoms with E-state index in [-0.39, 0.29) is 5.41 Å². The standard InChI is InChI=1S/C23H27NS.C18H26N2OS.C2H2O4/c1-2-6-21-19(4-1)8-11-23(21)12-15-24(16-13-23)14-9-18-5-3-7-22-20(18)10-17-25-22;21-17-18(6-9-19-17)7-11-20(12-8-18)10-4-14-2-1-3-16-15(14)5-13-22-16;3-1(4)2(5)6/h1-2,4,6,8,10-11,17-18H,3,5,7,9,12-16H2;5,13-14H,1-4,6-12H2,(H,19,21);(H,3,4)(H,5,6). The number of thiophene rings is 2. The van der Waals surface area contributed by atoms with Gasteiger partial charge in [0.1, 0.15) is 0 Å². The molecule has 284 valence electrons. The van der Waals surface area contributed by atoms with Crippen LogP contribution < -0.4 is 5.32 Å². The number of carbonyl (C=O) groups is 3. The van der Waals surface area contributed by atoms with E-state index >= 15 is 0 Å². The number of fused-ring (bicyclic) bond motifs is 4. The van der Waals surface area contributed by atoms with Crippen LogP contribution in [0.2, 0.25) is 0 Å². The van der Waals surface area contributed by atoms with E-state index in [4.69, 9.17) is 19.8 Å². The zero-order valence-electron chi connectivity index (χ0n) is 30.9. The van der Waals surface area contributed by atoms with E-state index in [2.05, 4.69) is 74.4 Å². The second-order valence-electron chi connectivity index (χ2n) is 16.0. The number of hydrogen-bond donors (Lipinski definition) is 3. The van der Waals surface area contributed by atoms with Gasteiger partial charge in [-0.15, -0.1) is 22.7 Å². The van der Waals surface area contributed by atoms with Gasteiger partial charge < -0.3 is 25.3 Å². The number of carboxylic acid groups (broad SMARTS) is 2. The first-order valence-corrected chi connectivity index (χ1v) is 21.6. The molecule has 10 heteroatoms. The van der Waals surface area contributed by atoms with Crippen molar-refractivity contribution in [2.24, 2.45) is 5.41 Å². The van der Waals surface area contributed by atoms with Crippen LogP contribution in [0.1, 0.15) is 114 Å². The SMILES string of the molecule is C1=CC2(CCN(CCC3CCCc4sccc43)CC2)c2ccccc21.O=C(O)C(=O)O.O=C1NCCC12CCN(CCC1CCCc3sccc31)CC2. The highest BCUT2D eigenvalue weighted by Crippen LogP contribution is 2.44. The summed E-state index contributed by atoms with van der Waals surface area (Å²) >= 11 is 3.92. The maximum Gasteiger partial charge on any atom is 0.414 e. The molecule has 6 aliphatic rings. The summed E-state index contributed by atoms with van der Waals surface area (Å²) in [5.41, 5.74) is 6.66. The Bertz CT molecular complexity index is 1750. The molecule has 3 aliphatic carbocycles. The smallest absolute Gasteiger partial charge is 0.414 e. The lowest BCUT2D eigenvalue weighted by Crippen LogP contribution is -2.44. The van der Waals surface area contributed by atoms with Crippen molar-refractivity contribution >= 4 is 46.6 Å². The predicted octanol–water partition coefficient (Wildman–Crippen LogP) is 7.93. The lowest BCUT2D eigenvalue weighted by Gasteiger charge is -2.40. The van der Waals surface area contributed by atoms with Gasteiger partial charge >= 0.3 is 11.9 Å². The molecule has 5 heterocycles. The number of nitrogens with zero attached hydrogens (tertiary/aromatic N) is 2. The minimum Gasteiger partial charge on any atom is -0.473 e. The molecule has 0 bridgehead atoms. The number of piperidine rings is 2. The quantitative estimate of drug-likeness (QED) is 0.219. The first-order chi connectivity index (χ1) is 25.8. The van der Waals surface area contributed by atoms with E-state index in [1.807, 2.05) is 22.7 Å². The molecule has 2 unspecified atom stereocenters. The van der Waals surface area contributed by atoms with Crippen molar-refractivity contribution in [2.45, 2.75) is 101 Å². The summed E-state index contributed by atoms with van der Waals surface area (Å²) in [6, 6.07) is 13.8. The molecule has 3 saturated heterocycles. The lowest BCUT2D eigenvalue weighted by molar-refractivity contribution is -0.159. The molecule has 1 amide bonds. The van der Waals surface area contributed by atoms with Crippen LogP contribution in [-0.4, -0.2) is 83.7 Å². The second-order valence-corrected chi connectivity index (χ2v) is 18.0. The number of hydrogen-bond acceptors (Lipinski definition) is 7. The van der Waals surface area contributed by atoms with E-state index in [0.717, 1.165) is 50.7 Å². The maximum absolute atomic E-state index is 12.0. The van der Waals surface area contributed by atoms with Gasteiger partial charge in [0.2, 0.25) is 5.91 Å². The Morgan fingerprint density at radius 2 is 1.30 bits per heavy atom. The molecule has 8 nitrogen and oxygen atoms in total. The number of nitrogens with one attached hydrogen (secondary N) is 1. The summed E-state index contributed by atoms with van der Waals surface area (Å²) in [7, 11) is 0. The molecule has 0 radical (unpaired) electrons. The van der Waals surface area contributed by atoms with E-state index in [1.54, 1.807) is 26.4 Å². The monoisotopic (exact) mass is 757 g/mol. The van der Waals surface area contributed by atoms with Crippen LogP contribution in [-0.2, 0) is 32.6 Å². The number of likely N-dealkylation sites (tertiary alicyclic amines) is 2. The largest absolute Gasteiger partial charge is 0.473 e. The highest BCUT2D eigenvalue weighted by molar-refractivity contribution is 7.10. The topological polar surface area (TPSA) is 110 Å². The summed E-state index contributed by atoms with van der Waals surface area (Å²) < 4.78 is 0. The van der Waals surface area contributed by atoms with Crippen LogP contribution in [0.5, 0.6) is 0 Å². The fraction of sp³-hybridized carbons (Fsp3) is 0.558. The van der Waals surface area contributed by atoms with Crippen molar-refractivity contribution in [1.82, 2.24) is 15.1 Å². The normalized spacial score (nSPS) is 23.9. The van der Waals surface area contributed by atoms with Crippen molar-refractivity contribution in [1.29, 1.82) is 0 Å². The zero-order chi connectivity index (χ0) is 36.8. The van der Waals surface area contributed by atoms with Crippen LogP contribution in [0.4, 0.5) is 0 Å². The molecular weight excluding hydrogens is 703 g/mol. The Hall–Kier alpha value is -3.31.